The Hall–Kier alpha value is -0.120. The second-order valence-corrected chi connectivity index (χ2v) is 6.42. The molecule has 1 heterocycles. The summed E-state index contributed by atoms with van der Waals surface area (Å²) in [5.41, 5.74) is 5.45. The molecule has 2 rings (SSSR count). The first-order valence-electron chi connectivity index (χ1n) is 7.66. The van der Waals surface area contributed by atoms with Crippen LogP contribution in [0.5, 0.6) is 0 Å². The van der Waals surface area contributed by atoms with Crippen LogP contribution < -0.4 is 5.73 Å². The maximum Gasteiger partial charge on any atom is 0.0762 e. The fourth-order valence-corrected chi connectivity index (χ4v) is 3.99. The highest BCUT2D eigenvalue weighted by molar-refractivity contribution is 5.02. The molecule has 0 aromatic heterocycles. The van der Waals surface area contributed by atoms with E-state index >= 15 is 0 Å². The van der Waals surface area contributed by atoms with Crippen molar-refractivity contribution in [2.75, 3.05) is 13.2 Å². The number of hydrogen-bond acceptors (Lipinski definition) is 3. The molecule has 1 aliphatic carbocycles. The van der Waals surface area contributed by atoms with E-state index in [-0.39, 0.29) is 11.5 Å². The van der Waals surface area contributed by atoms with Crippen LogP contribution in [0.15, 0.2) is 0 Å². The summed E-state index contributed by atoms with van der Waals surface area (Å²) in [4.78, 5) is 0. The molecule has 3 nitrogen and oxygen atoms in total. The normalized spacial score (nSPS) is 37.8. The van der Waals surface area contributed by atoms with Crippen molar-refractivity contribution >= 4 is 0 Å². The minimum absolute atomic E-state index is 0.0640. The Labute approximate surface area is 111 Å². The Morgan fingerprint density at radius 1 is 1.11 bits per heavy atom. The molecule has 0 aromatic rings. The Kier molecular flexibility index (Phi) is 4.68. The SMILES string of the molecule is CC1CC(O)(C2(CN)CCCCCCC2)CCO1. The van der Waals surface area contributed by atoms with Crippen LogP contribution in [0.3, 0.4) is 0 Å². The highest BCUT2D eigenvalue weighted by atomic mass is 16.5. The third kappa shape index (κ3) is 2.73. The summed E-state index contributed by atoms with van der Waals surface area (Å²) in [7, 11) is 0. The van der Waals surface area contributed by atoms with E-state index in [4.69, 9.17) is 10.5 Å². The summed E-state index contributed by atoms with van der Waals surface area (Å²) in [5, 5.41) is 11.2. The first-order chi connectivity index (χ1) is 8.62. The number of ether oxygens (including phenoxy) is 1. The van der Waals surface area contributed by atoms with Crippen LogP contribution in [0.1, 0.15) is 64.7 Å². The van der Waals surface area contributed by atoms with E-state index in [0.717, 1.165) is 25.7 Å². The molecule has 3 heteroatoms. The quantitative estimate of drug-likeness (QED) is 0.797. The van der Waals surface area contributed by atoms with Crippen LogP contribution in [0, 0.1) is 5.41 Å². The van der Waals surface area contributed by atoms with Crippen molar-refractivity contribution < 1.29 is 9.84 Å². The van der Waals surface area contributed by atoms with Gasteiger partial charge in [0.25, 0.3) is 0 Å². The lowest BCUT2D eigenvalue weighted by atomic mass is 9.61. The van der Waals surface area contributed by atoms with Crippen molar-refractivity contribution in [1.82, 2.24) is 0 Å². The van der Waals surface area contributed by atoms with E-state index in [0.29, 0.717) is 13.2 Å². The molecule has 1 aliphatic heterocycles. The largest absolute Gasteiger partial charge is 0.389 e. The van der Waals surface area contributed by atoms with Crippen molar-refractivity contribution in [3.63, 3.8) is 0 Å². The Morgan fingerprint density at radius 2 is 1.72 bits per heavy atom. The number of hydrogen-bond donors (Lipinski definition) is 2. The molecular weight excluding hydrogens is 226 g/mol. The maximum atomic E-state index is 11.2. The topological polar surface area (TPSA) is 55.5 Å². The molecule has 106 valence electrons. The second kappa shape index (κ2) is 5.89. The zero-order chi connectivity index (χ0) is 13.1. The van der Waals surface area contributed by atoms with Gasteiger partial charge in [-0.15, -0.1) is 0 Å². The van der Waals surface area contributed by atoms with Crippen molar-refractivity contribution in [1.29, 1.82) is 0 Å². The van der Waals surface area contributed by atoms with Crippen LogP contribution >= 0.6 is 0 Å². The molecule has 2 fully saturated rings. The van der Waals surface area contributed by atoms with Crippen molar-refractivity contribution in [3.8, 4) is 0 Å². The minimum Gasteiger partial charge on any atom is -0.389 e. The first-order valence-corrected chi connectivity index (χ1v) is 7.66. The lowest BCUT2D eigenvalue weighted by Gasteiger charge is -2.51. The summed E-state index contributed by atoms with van der Waals surface area (Å²) in [6.45, 7) is 3.37. The molecule has 18 heavy (non-hydrogen) atoms. The monoisotopic (exact) mass is 255 g/mol. The second-order valence-electron chi connectivity index (χ2n) is 6.42. The van der Waals surface area contributed by atoms with Crippen molar-refractivity contribution in [2.45, 2.75) is 76.4 Å². The smallest absolute Gasteiger partial charge is 0.0762 e. The van der Waals surface area contributed by atoms with Crippen LogP contribution in [-0.4, -0.2) is 30.0 Å². The van der Waals surface area contributed by atoms with Gasteiger partial charge in [-0.2, -0.15) is 0 Å². The molecule has 1 saturated carbocycles. The van der Waals surface area contributed by atoms with Crippen LogP contribution in [-0.2, 0) is 4.74 Å². The molecule has 0 bridgehead atoms. The standard InChI is InChI=1S/C15H29NO2/c1-13-11-15(17,9-10-18-13)14(12-16)7-5-3-2-4-6-8-14/h13,17H,2-12,16H2,1H3. The predicted octanol–water partition coefficient (Wildman–Crippen LogP) is 2.61. The Bertz CT molecular complexity index is 261. The first kappa shape index (κ1) is 14.3. The van der Waals surface area contributed by atoms with Gasteiger partial charge in [0.15, 0.2) is 0 Å². The average Bonchev–Trinajstić information content (AvgIpc) is 2.28. The van der Waals surface area contributed by atoms with Crippen LogP contribution in [0.25, 0.3) is 0 Å². The lowest BCUT2D eigenvalue weighted by molar-refractivity contribution is -0.169. The summed E-state index contributed by atoms with van der Waals surface area (Å²) in [6.07, 6.45) is 10.2. The highest BCUT2D eigenvalue weighted by Gasteiger charge is 2.50. The zero-order valence-corrected chi connectivity index (χ0v) is 11.8. The molecular formula is C15H29NO2. The third-order valence-electron chi connectivity index (χ3n) is 5.23. The molecule has 2 atom stereocenters. The summed E-state index contributed by atoms with van der Waals surface area (Å²) >= 11 is 0. The van der Waals surface area contributed by atoms with Gasteiger partial charge in [-0.3, -0.25) is 0 Å². The molecule has 0 spiro atoms. The van der Waals surface area contributed by atoms with Gasteiger partial charge in [0.05, 0.1) is 11.7 Å². The van der Waals surface area contributed by atoms with E-state index in [2.05, 4.69) is 6.92 Å². The van der Waals surface area contributed by atoms with Gasteiger partial charge in [-0.05, 0) is 19.8 Å². The third-order valence-corrected chi connectivity index (χ3v) is 5.23. The molecule has 2 unspecified atom stereocenters. The number of aliphatic hydroxyl groups is 1. The fraction of sp³-hybridized carbons (Fsp3) is 1.00. The van der Waals surface area contributed by atoms with Gasteiger partial charge in [-0.1, -0.05) is 32.1 Å². The van der Waals surface area contributed by atoms with Gasteiger partial charge in [-0.25, -0.2) is 0 Å². The van der Waals surface area contributed by atoms with Crippen molar-refractivity contribution in [2.24, 2.45) is 11.1 Å². The maximum absolute atomic E-state index is 11.2. The molecule has 0 amide bonds. The highest BCUT2D eigenvalue weighted by Crippen LogP contribution is 2.48. The molecule has 0 aromatic carbocycles. The van der Waals surface area contributed by atoms with E-state index in [9.17, 15) is 5.11 Å². The molecule has 1 saturated heterocycles. The van der Waals surface area contributed by atoms with Gasteiger partial charge in [0.2, 0.25) is 0 Å². The van der Waals surface area contributed by atoms with Gasteiger partial charge < -0.3 is 15.6 Å². The number of nitrogens with two attached hydrogens (primary N) is 1. The van der Waals surface area contributed by atoms with E-state index in [1.165, 1.54) is 32.1 Å². The summed E-state index contributed by atoms with van der Waals surface area (Å²) in [5.74, 6) is 0. The zero-order valence-electron chi connectivity index (χ0n) is 11.8. The number of rotatable bonds is 2. The van der Waals surface area contributed by atoms with Gasteiger partial charge >= 0.3 is 0 Å². The molecule has 2 aliphatic rings. The minimum atomic E-state index is -0.600. The Morgan fingerprint density at radius 3 is 2.28 bits per heavy atom. The van der Waals surface area contributed by atoms with E-state index < -0.39 is 5.60 Å². The van der Waals surface area contributed by atoms with Gasteiger partial charge in [0.1, 0.15) is 0 Å². The predicted molar refractivity (Wildman–Crippen MR) is 73.4 cm³/mol. The fourth-order valence-electron chi connectivity index (χ4n) is 3.99. The van der Waals surface area contributed by atoms with E-state index in [1.54, 1.807) is 0 Å². The van der Waals surface area contributed by atoms with Gasteiger partial charge in [0, 0.05) is 31.4 Å². The molecule has 3 N–H and O–H groups in total. The van der Waals surface area contributed by atoms with Crippen molar-refractivity contribution in [3.05, 3.63) is 0 Å². The molecule has 0 radical (unpaired) electrons. The average molecular weight is 255 g/mol. The Balaban J connectivity index is 2.17. The van der Waals surface area contributed by atoms with Crippen LogP contribution in [0.2, 0.25) is 0 Å². The summed E-state index contributed by atoms with van der Waals surface area (Å²) in [6, 6.07) is 0. The van der Waals surface area contributed by atoms with E-state index in [1.807, 2.05) is 0 Å². The lowest BCUT2D eigenvalue weighted by Crippen LogP contribution is -2.57. The van der Waals surface area contributed by atoms with Crippen LogP contribution in [0.4, 0.5) is 0 Å². The summed E-state index contributed by atoms with van der Waals surface area (Å²) < 4.78 is 5.61.